The molecule has 0 saturated heterocycles. The maximum Gasteiger partial charge on any atom is 0.360 e. The number of carbonyl (C=O) groups excluding carboxylic acids is 2. The number of esters is 1. The number of hydrogen-bond donors (Lipinski definition) is 2. The Hall–Kier alpha value is -1.89. The van der Waals surface area contributed by atoms with Crippen molar-refractivity contribution in [1.29, 1.82) is 0 Å². The summed E-state index contributed by atoms with van der Waals surface area (Å²) in [5.41, 5.74) is 1.31. The van der Waals surface area contributed by atoms with Gasteiger partial charge in [0.1, 0.15) is 10.0 Å². The Kier molecular flexibility index (Phi) is 5.76. The minimum atomic E-state index is -2.46. The molecule has 0 bridgehead atoms. The number of nitrogens with zero attached hydrogens (tertiary/aromatic N) is 3. The highest BCUT2D eigenvalue weighted by molar-refractivity contribution is 7.81. The van der Waals surface area contributed by atoms with Gasteiger partial charge < -0.3 is 10.1 Å². The maximum atomic E-state index is 11.9. The first kappa shape index (κ1) is 17.5. The number of rotatable bonds is 6. The monoisotopic (exact) mass is 376 g/mol. The second-order valence-electron chi connectivity index (χ2n) is 3.94. The third-order valence-electron chi connectivity index (χ3n) is 2.33. The first-order valence-corrected chi connectivity index (χ1v) is 8.95. The number of aromatic nitrogens is 2. The van der Waals surface area contributed by atoms with Crippen LogP contribution in [-0.4, -0.2) is 37.2 Å². The predicted molar refractivity (Wildman–Crippen MR) is 87.4 cm³/mol. The van der Waals surface area contributed by atoms with Gasteiger partial charge in [-0.2, -0.15) is 0 Å². The lowest BCUT2D eigenvalue weighted by atomic mass is 10.4. The van der Waals surface area contributed by atoms with Gasteiger partial charge in [0, 0.05) is 6.92 Å². The van der Waals surface area contributed by atoms with E-state index in [1.54, 1.807) is 6.92 Å². The summed E-state index contributed by atoms with van der Waals surface area (Å²) in [5.74, 6) is -1.00. The van der Waals surface area contributed by atoms with Crippen molar-refractivity contribution < 1.29 is 23.1 Å². The van der Waals surface area contributed by atoms with Crippen LogP contribution >= 0.6 is 22.7 Å². The van der Waals surface area contributed by atoms with E-state index in [0.29, 0.717) is 0 Å². The van der Waals surface area contributed by atoms with Crippen LogP contribution < -0.4 is 9.62 Å². The predicted octanol–water partition coefficient (Wildman–Crippen LogP) is 2.01. The van der Waals surface area contributed by atoms with Crippen molar-refractivity contribution >= 4 is 61.0 Å². The number of hydrogen-bond acceptors (Lipinski definition) is 8. The first-order valence-electron chi connectivity index (χ1n) is 6.19. The van der Waals surface area contributed by atoms with Gasteiger partial charge in [-0.1, -0.05) is 11.3 Å². The molecule has 124 valence electrons. The quantitative estimate of drug-likeness (QED) is 0.584. The van der Waals surface area contributed by atoms with Crippen molar-refractivity contribution in [1.82, 2.24) is 9.97 Å². The van der Waals surface area contributed by atoms with Crippen molar-refractivity contribution in [2.24, 2.45) is 0 Å². The summed E-state index contributed by atoms with van der Waals surface area (Å²) >= 11 is -0.463. The molecule has 1 atom stereocenters. The molecule has 1 amide bonds. The van der Waals surface area contributed by atoms with Gasteiger partial charge in [0.15, 0.2) is 10.8 Å². The summed E-state index contributed by atoms with van der Waals surface area (Å²) in [6.45, 7) is 3.13. The van der Waals surface area contributed by atoms with Crippen LogP contribution in [0.15, 0.2) is 11.7 Å². The molecule has 12 heteroatoms. The fourth-order valence-corrected chi connectivity index (χ4v) is 4.13. The Morgan fingerprint density at radius 2 is 2.22 bits per heavy atom. The molecule has 0 aliphatic heterocycles. The van der Waals surface area contributed by atoms with Crippen molar-refractivity contribution in [3.63, 3.8) is 0 Å². The summed E-state index contributed by atoms with van der Waals surface area (Å²) in [5, 5.41) is 3.17. The van der Waals surface area contributed by atoms with Crippen LogP contribution in [0.25, 0.3) is 0 Å². The molecule has 2 aromatic heterocycles. The molecule has 2 rings (SSSR count). The van der Waals surface area contributed by atoms with Gasteiger partial charge in [0.2, 0.25) is 5.91 Å². The Labute approximate surface area is 141 Å². The molecular weight excluding hydrogens is 364 g/mol. The standard InChI is InChI=1S/C11H12N4O5S3/c1-3-20-10(17)8-9(21-5-13-8)15(23(18)19)7-4-12-11(22-7)14-6(2)16/h4-5H,3H2,1-2H3,(H,18,19)(H,12,14,16). The van der Waals surface area contributed by atoms with Crippen LogP contribution in [-0.2, 0) is 20.8 Å². The summed E-state index contributed by atoms with van der Waals surface area (Å²) in [7, 11) is 0. The second kappa shape index (κ2) is 7.59. The lowest BCUT2D eigenvalue weighted by Crippen LogP contribution is -2.20. The van der Waals surface area contributed by atoms with Gasteiger partial charge in [-0.05, 0) is 6.92 Å². The van der Waals surface area contributed by atoms with Gasteiger partial charge in [0.05, 0.1) is 18.3 Å². The highest BCUT2D eigenvalue weighted by atomic mass is 32.2. The SMILES string of the molecule is CCOC(=O)c1ncsc1N(c1cnc(NC(C)=O)s1)S(=O)O. The van der Waals surface area contributed by atoms with Crippen LogP contribution in [0.2, 0.25) is 0 Å². The van der Waals surface area contributed by atoms with E-state index in [0.717, 1.165) is 27.0 Å². The van der Waals surface area contributed by atoms with Gasteiger partial charge in [-0.15, -0.1) is 11.3 Å². The molecule has 0 fully saturated rings. The topological polar surface area (TPSA) is 122 Å². The van der Waals surface area contributed by atoms with Gasteiger partial charge in [-0.3, -0.25) is 9.35 Å². The van der Waals surface area contributed by atoms with E-state index < -0.39 is 17.2 Å². The molecule has 2 aromatic rings. The number of nitrogens with one attached hydrogen (secondary N) is 1. The van der Waals surface area contributed by atoms with Crippen LogP contribution in [0.5, 0.6) is 0 Å². The van der Waals surface area contributed by atoms with E-state index in [-0.39, 0.29) is 33.3 Å². The Balaban J connectivity index is 2.38. The molecule has 0 aromatic carbocycles. The van der Waals surface area contributed by atoms with Crippen LogP contribution in [0.3, 0.4) is 0 Å². The summed E-state index contributed by atoms with van der Waals surface area (Å²) in [6, 6.07) is 0. The van der Waals surface area contributed by atoms with Crippen molar-refractivity contribution in [3.05, 3.63) is 17.4 Å². The largest absolute Gasteiger partial charge is 0.461 e. The fraction of sp³-hybridized carbons (Fsp3) is 0.273. The highest BCUT2D eigenvalue weighted by Gasteiger charge is 2.27. The van der Waals surface area contributed by atoms with Crippen molar-refractivity contribution in [2.45, 2.75) is 13.8 Å². The fourth-order valence-electron chi connectivity index (χ4n) is 1.54. The van der Waals surface area contributed by atoms with Crippen LogP contribution in [0.1, 0.15) is 24.3 Å². The Morgan fingerprint density at radius 3 is 2.83 bits per heavy atom. The summed E-state index contributed by atoms with van der Waals surface area (Å²) in [4.78, 5) is 30.8. The Bertz CT molecular complexity index is 744. The van der Waals surface area contributed by atoms with E-state index in [1.807, 2.05) is 0 Å². The van der Waals surface area contributed by atoms with Crippen molar-refractivity contribution in [2.75, 3.05) is 16.2 Å². The minimum Gasteiger partial charge on any atom is -0.461 e. The number of anilines is 3. The third-order valence-corrected chi connectivity index (χ3v) is 4.97. The average Bonchev–Trinajstić information content (AvgIpc) is 3.08. The number of carbonyl (C=O) groups is 2. The molecule has 1 unspecified atom stereocenters. The normalized spacial score (nSPS) is 11.8. The smallest absolute Gasteiger partial charge is 0.360 e. The van der Waals surface area contributed by atoms with E-state index in [9.17, 15) is 18.4 Å². The number of thiazole rings is 2. The minimum absolute atomic E-state index is 0.0614. The lowest BCUT2D eigenvalue weighted by molar-refractivity contribution is -0.114. The van der Waals surface area contributed by atoms with E-state index >= 15 is 0 Å². The molecule has 0 aliphatic rings. The lowest BCUT2D eigenvalue weighted by Gasteiger charge is -2.15. The molecule has 0 saturated carbocycles. The second-order valence-corrected chi connectivity index (χ2v) is 6.61. The van der Waals surface area contributed by atoms with Crippen LogP contribution in [0, 0.1) is 0 Å². The summed E-state index contributed by atoms with van der Waals surface area (Å²) in [6.07, 6.45) is 1.32. The molecule has 9 nitrogen and oxygen atoms in total. The zero-order valence-electron chi connectivity index (χ0n) is 12.0. The van der Waals surface area contributed by atoms with E-state index in [2.05, 4.69) is 15.3 Å². The van der Waals surface area contributed by atoms with Gasteiger partial charge in [0.25, 0.3) is 11.3 Å². The van der Waals surface area contributed by atoms with E-state index in [4.69, 9.17) is 4.74 Å². The zero-order valence-corrected chi connectivity index (χ0v) is 14.5. The first-order chi connectivity index (χ1) is 10.9. The zero-order chi connectivity index (χ0) is 17.0. The molecule has 0 aliphatic carbocycles. The molecule has 2 N–H and O–H groups in total. The number of ether oxygens (including phenoxy) is 1. The molecular formula is C11H12N4O5S3. The Morgan fingerprint density at radius 1 is 1.48 bits per heavy atom. The van der Waals surface area contributed by atoms with E-state index in [1.165, 1.54) is 18.6 Å². The highest BCUT2D eigenvalue weighted by Crippen LogP contribution is 2.38. The van der Waals surface area contributed by atoms with Crippen molar-refractivity contribution in [3.8, 4) is 0 Å². The maximum absolute atomic E-state index is 11.9. The third kappa shape index (κ3) is 4.10. The van der Waals surface area contributed by atoms with Gasteiger partial charge >= 0.3 is 5.97 Å². The van der Waals surface area contributed by atoms with Crippen LogP contribution in [0.4, 0.5) is 15.1 Å². The number of amides is 1. The van der Waals surface area contributed by atoms with Gasteiger partial charge in [-0.25, -0.2) is 23.3 Å². The molecule has 23 heavy (non-hydrogen) atoms. The average molecular weight is 376 g/mol. The summed E-state index contributed by atoms with van der Waals surface area (Å²) < 4.78 is 27.2. The molecule has 2 heterocycles. The molecule has 0 radical (unpaired) electrons. The molecule has 0 spiro atoms.